The van der Waals surface area contributed by atoms with Crippen LogP contribution in [0.1, 0.15) is 11.1 Å². The van der Waals surface area contributed by atoms with Crippen molar-refractivity contribution >= 4 is 11.8 Å². The highest BCUT2D eigenvalue weighted by Gasteiger charge is 2.16. The highest BCUT2D eigenvalue weighted by Crippen LogP contribution is 2.18. The molecule has 3 rings (SSSR count). The first-order chi connectivity index (χ1) is 12.2. The number of hydrogen-bond acceptors (Lipinski definition) is 4. The highest BCUT2D eigenvalue weighted by molar-refractivity contribution is 5.74. The van der Waals surface area contributed by atoms with Crippen LogP contribution in [-0.4, -0.2) is 37.3 Å². The standard InChI is InChI=1S/C18H21FN4O2/c19-16-5-3-14(4-6-16)12-21-18(24)22-13-15-2-1-7-20-17(15)23-8-10-25-11-9-23/h1-7H,8-13H2,(H2,21,22,24). The first-order valence-corrected chi connectivity index (χ1v) is 8.25. The van der Waals surface area contributed by atoms with Crippen molar-refractivity contribution in [2.24, 2.45) is 0 Å². The third-order valence-corrected chi connectivity index (χ3v) is 3.98. The first-order valence-electron chi connectivity index (χ1n) is 8.25. The van der Waals surface area contributed by atoms with Crippen molar-refractivity contribution in [1.29, 1.82) is 0 Å². The third-order valence-electron chi connectivity index (χ3n) is 3.98. The number of hydrogen-bond donors (Lipinski definition) is 2. The summed E-state index contributed by atoms with van der Waals surface area (Å²) < 4.78 is 18.2. The molecule has 1 aliphatic rings. The van der Waals surface area contributed by atoms with Crippen LogP contribution >= 0.6 is 0 Å². The second-order valence-corrected chi connectivity index (χ2v) is 5.75. The molecule has 1 fully saturated rings. The number of benzene rings is 1. The summed E-state index contributed by atoms with van der Waals surface area (Å²) in [6, 6.07) is 9.58. The van der Waals surface area contributed by atoms with Crippen LogP contribution in [0.3, 0.4) is 0 Å². The second kappa shape index (κ2) is 8.43. The molecule has 132 valence electrons. The van der Waals surface area contributed by atoms with E-state index in [1.165, 1.54) is 12.1 Å². The van der Waals surface area contributed by atoms with E-state index in [1.807, 2.05) is 12.1 Å². The summed E-state index contributed by atoms with van der Waals surface area (Å²) in [5, 5.41) is 5.60. The predicted octanol–water partition coefficient (Wildman–Crippen LogP) is 2.06. The Labute approximate surface area is 146 Å². The smallest absolute Gasteiger partial charge is 0.315 e. The number of amides is 2. The minimum Gasteiger partial charge on any atom is -0.378 e. The number of ether oxygens (including phenoxy) is 1. The fraction of sp³-hybridized carbons (Fsp3) is 0.333. The molecule has 1 aromatic carbocycles. The molecule has 1 aromatic heterocycles. The van der Waals surface area contributed by atoms with E-state index in [9.17, 15) is 9.18 Å². The first kappa shape index (κ1) is 17.2. The van der Waals surface area contributed by atoms with Gasteiger partial charge >= 0.3 is 6.03 Å². The second-order valence-electron chi connectivity index (χ2n) is 5.75. The molecule has 2 amide bonds. The number of nitrogens with zero attached hydrogens (tertiary/aromatic N) is 2. The van der Waals surface area contributed by atoms with Gasteiger partial charge in [0.1, 0.15) is 11.6 Å². The topological polar surface area (TPSA) is 66.5 Å². The van der Waals surface area contributed by atoms with Gasteiger partial charge in [-0.1, -0.05) is 18.2 Å². The van der Waals surface area contributed by atoms with Crippen molar-refractivity contribution < 1.29 is 13.9 Å². The normalized spacial score (nSPS) is 14.2. The summed E-state index contributed by atoms with van der Waals surface area (Å²) in [6.07, 6.45) is 1.75. The Morgan fingerprint density at radius 2 is 1.84 bits per heavy atom. The summed E-state index contributed by atoms with van der Waals surface area (Å²) in [4.78, 5) is 18.6. The largest absolute Gasteiger partial charge is 0.378 e. The molecule has 0 spiro atoms. The zero-order chi connectivity index (χ0) is 17.5. The third kappa shape index (κ3) is 4.90. The summed E-state index contributed by atoms with van der Waals surface area (Å²) in [6.45, 7) is 3.68. The minimum absolute atomic E-state index is 0.277. The van der Waals surface area contributed by atoms with Crippen LogP contribution in [0.4, 0.5) is 15.0 Å². The lowest BCUT2D eigenvalue weighted by Crippen LogP contribution is -2.38. The average molecular weight is 344 g/mol. The van der Waals surface area contributed by atoms with Gasteiger partial charge in [-0.2, -0.15) is 0 Å². The molecule has 1 aliphatic heterocycles. The van der Waals surface area contributed by atoms with Crippen LogP contribution in [0.15, 0.2) is 42.6 Å². The molecule has 2 heterocycles. The number of anilines is 1. The number of halogens is 1. The van der Waals surface area contributed by atoms with Crippen molar-refractivity contribution in [2.75, 3.05) is 31.2 Å². The van der Waals surface area contributed by atoms with E-state index in [1.54, 1.807) is 18.3 Å². The van der Waals surface area contributed by atoms with E-state index in [0.29, 0.717) is 26.3 Å². The van der Waals surface area contributed by atoms with Crippen LogP contribution < -0.4 is 15.5 Å². The van der Waals surface area contributed by atoms with Crippen LogP contribution in [0.5, 0.6) is 0 Å². The Balaban J connectivity index is 1.52. The number of nitrogens with one attached hydrogen (secondary N) is 2. The molecular weight excluding hydrogens is 323 g/mol. The molecule has 6 nitrogen and oxygen atoms in total. The number of aromatic nitrogens is 1. The van der Waals surface area contributed by atoms with Crippen LogP contribution in [0.25, 0.3) is 0 Å². The van der Waals surface area contributed by atoms with E-state index in [-0.39, 0.29) is 11.8 Å². The molecule has 0 radical (unpaired) electrons. The minimum atomic E-state index is -0.291. The van der Waals surface area contributed by atoms with E-state index < -0.39 is 0 Å². The van der Waals surface area contributed by atoms with E-state index in [0.717, 1.165) is 30.0 Å². The molecule has 0 saturated carbocycles. The SMILES string of the molecule is O=C(NCc1ccc(F)cc1)NCc1cccnc1N1CCOCC1. The molecule has 0 aliphatic carbocycles. The zero-order valence-electron chi connectivity index (χ0n) is 13.9. The average Bonchev–Trinajstić information content (AvgIpc) is 2.67. The van der Waals surface area contributed by atoms with Crippen molar-refractivity contribution in [2.45, 2.75) is 13.1 Å². The van der Waals surface area contributed by atoms with Crippen molar-refractivity contribution in [3.63, 3.8) is 0 Å². The number of morpholine rings is 1. The Morgan fingerprint density at radius 1 is 1.12 bits per heavy atom. The van der Waals surface area contributed by atoms with Crippen LogP contribution in [0, 0.1) is 5.82 Å². The maximum absolute atomic E-state index is 12.9. The van der Waals surface area contributed by atoms with Gasteiger partial charge in [-0.3, -0.25) is 0 Å². The van der Waals surface area contributed by atoms with Gasteiger partial charge < -0.3 is 20.3 Å². The number of pyridine rings is 1. The number of carbonyl (C=O) groups is 1. The zero-order valence-corrected chi connectivity index (χ0v) is 13.9. The number of rotatable bonds is 5. The van der Waals surface area contributed by atoms with E-state index >= 15 is 0 Å². The van der Waals surface area contributed by atoms with Gasteiger partial charge in [0.2, 0.25) is 0 Å². The molecule has 0 unspecified atom stereocenters. The maximum Gasteiger partial charge on any atom is 0.315 e. The molecule has 25 heavy (non-hydrogen) atoms. The molecule has 0 atom stereocenters. The van der Waals surface area contributed by atoms with Gasteiger partial charge in [-0.15, -0.1) is 0 Å². The van der Waals surface area contributed by atoms with Gasteiger partial charge in [-0.25, -0.2) is 14.2 Å². The monoisotopic (exact) mass is 344 g/mol. The maximum atomic E-state index is 12.9. The molecule has 2 aromatic rings. The molecule has 1 saturated heterocycles. The summed E-state index contributed by atoms with van der Waals surface area (Å²) in [5.74, 6) is 0.588. The van der Waals surface area contributed by atoms with Crippen LogP contribution in [-0.2, 0) is 17.8 Å². The fourth-order valence-corrected chi connectivity index (χ4v) is 2.65. The quantitative estimate of drug-likeness (QED) is 0.871. The fourth-order valence-electron chi connectivity index (χ4n) is 2.65. The number of carbonyl (C=O) groups excluding carboxylic acids is 1. The van der Waals surface area contributed by atoms with Gasteiger partial charge in [0.15, 0.2) is 0 Å². The van der Waals surface area contributed by atoms with Crippen molar-refractivity contribution in [3.05, 3.63) is 59.5 Å². The van der Waals surface area contributed by atoms with Crippen LogP contribution in [0.2, 0.25) is 0 Å². The molecule has 2 N–H and O–H groups in total. The number of urea groups is 1. The lowest BCUT2D eigenvalue weighted by atomic mass is 10.2. The Hall–Kier alpha value is -2.67. The van der Waals surface area contributed by atoms with Gasteiger partial charge in [0.25, 0.3) is 0 Å². The summed E-state index contributed by atoms with van der Waals surface area (Å²) >= 11 is 0. The molecular formula is C18H21FN4O2. The Morgan fingerprint density at radius 3 is 2.60 bits per heavy atom. The van der Waals surface area contributed by atoms with Crippen molar-refractivity contribution in [3.8, 4) is 0 Å². The molecule has 0 bridgehead atoms. The lowest BCUT2D eigenvalue weighted by Gasteiger charge is -2.29. The highest BCUT2D eigenvalue weighted by atomic mass is 19.1. The Kier molecular flexibility index (Phi) is 5.79. The lowest BCUT2D eigenvalue weighted by molar-refractivity contribution is 0.122. The summed E-state index contributed by atoms with van der Waals surface area (Å²) in [5.41, 5.74) is 1.80. The predicted molar refractivity (Wildman–Crippen MR) is 92.7 cm³/mol. The Bertz CT molecular complexity index is 702. The van der Waals surface area contributed by atoms with Gasteiger partial charge in [0, 0.05) is 37.9 Å². The summed E-state index contributed by atoms with van der Waals surface area (Å²) in [7, 11) is 0. The van der Waals surface area contributed by atoms with E-state index in [4.69, 9.17) is 4.74 Å². The van der Waals surface area contributed by atoms with Gasteiger partial charge in [-0.05, 0) is 23.8 Å². The van der Waals surface area contributed by atoms with Crippen molar-refractivity contribution in [1.82, 2.24) is 15.6 Å². The molecule has 7 heteroatoms. The van der Waals surface area contributed by atoms with E-state index in [2.05, 4.69) is 20.5 Å². The van der Waals surface area contributed by atoms with Gasteiger partial charge in [0.05, 0.1) is 13.2 Å².